The average molecular weight is 510 g/mol. The summed E-state index contributed by atoms with van der Waals surface area (Å²) in [4.78, 5) is 2.24. The highest BCUT2D eigenvalue weighted by molar-refractivity contribution is 9.10. The number of halogens is 2. The topological polar surface area (TPSA) is 77.0 Å². The number of hydrogen-bond donors (Lipinski definition) is 1. The highest BCUT2D eigenvalue weighted by atomic mass is 79.9. The molecule has 30 heavy (non-hydrogen) atoms. The summed E-state index contributed by atoms with van der Waals surface area (Å²) in [5.74, 6) is 1.08. The zero-order chi connectivity index (χ0) is 21.6. The zero-order valence-electron chi connectivity index (χ0n) is 15.9. The molecular weight excluding hydrogens is 492 g/mol. The molecule has 0 aromatic heterocycles. The SMILES string of the molecule is COc1cc(C=NNS(=O)(=O)c2ccc(Cl)cc2)ccc1OCc1ccc(Br)cc1. The second-order valence-electron chi connectivity index (χ2n) is 6.13. The first-order valence-electron chi connectivity index (χ1n) is 8.73. The van der Waals surface area contributed by atoms with Crippen molar-refractivity contribution >= 4 is 43.8 Å². The van der Waals surface area contributed by atoms with Crippen LogP contribution in [-0.2, 0) is 16.6 Å². The van der Waals surface area contributed by atoms with Gasteiger partial charge in [0.1, 0.15) is 6.61 Å². The second-order valence-corrected chi connectivity index (χ2v) is 9.15. The predicted molar refractivity (Wildman–Crippen MR) is 121 cm³/mol. The number of hydrazone groups is 1. The molecule has 0 amide bonds. The lowest BCUT2D eigenvalue weighted by Gasteiger charge is -2.11. The summed E-state index contributed by atoms with van der Waals surface area (Å²) in [6.07, 6.45) is 1.38. The van der Waals surface area contributed by atoms with Crippen molar-refractivity contribution in [3.05, 3.63) is 87.4 Å². The number of rotatable bonds is 8. The Hall–Kier alpha value is -2.55. The minimum absolute atomic E-state index is 0.0679. The normalized spacial score (nSPS) is 11.4. The Bertz CT molecular complexity index is 1130. The van der Waals surface area contributed by atoms with Gasteiger partial charge in [-0.1, -0.05) is 39.7 Å². The summed E-state index contributed by atoms with van der Waals surface area (Å²) in [6.45, 7) is 0.387. The lowest BCUT2D eigenvalue weighted by molar-refractivity contribution is 0.284. The first-order valence-corrected chi connectivity index (χ1v) is 11.4. The van der Waals surface area contributed by atoms with Gasteiger partial charge in [0.05, 0.1) is 18.2 Å². The minimum Gasteiger partial charge on any atom is -0.493 e. The van der Waals surface area contributed by atoms with E-state index >= 15 is 0 Å². The van der Waals surface area contributed by atoms with E-state index in [4.69, 9.17) is 21.1 Å². The highest BCUT2D eigenvalue weighted by Crippen LogP contribution is 2.28. The molecule has 0 saturated heterocycles. The van der Waals surface area contributed by atoms with E-state index in [9.17, 15) is 8.42 Å². The fraction of sp³-hybridized carbons (Fsp3) is 0.0952. The molecule has 0 spiro atoms. The Morgan fingerprint density at radius 2 is 1.73 bits per heavy atom. The van der Waals surface area contributed by atoms with Crippen molar-refractivity contribution in [3.63, 3.8) is 0 Å². The summed E-state index contributed by atoms with van der Waals surface area (Å²) < 4.78 is 36.7. The van der Waals surface area contributed by atoms with E-state index in [1.54, 1.807) is 18.2 Å². The summed E-state index contributed by atoms with van der Waals surface area (Å²) in [7, 11) is -2.25. The quantitative estimate of drug-likeness (QED) is 0.342. The van der Waals surface area contributed by atoms with Gasteiger partial charge in [0, 0.05) is 9.50 Å². The third-order valence-corrected chi connectivity index (χ3v) is 6.02. The van der Waals surface area contributed by atoms with Crippen LogP contribution in [0.3, 0.4) is 0 Å². The Morgan fingerprint density at radius 3 is 2.40 bits per heavy atom. The number of benzene rings is 3. The molecule has 0 unspecified atom stereocenters. The molecule has 3 rings (SSSR count). The van der Waals surface area contributed by atoms with Crippen LogP contribution in [0.2, 0.25) is 5.02 Å². The molecule has 0 bridgehead atoms. The fourth-order valence-corrected chi connectivity index (χ4v) is 3.64. The Labute approximate surface area is 188 Å². The molecule has 0 aliphatic carbocycles. The molecule has 0 aliphatic rings. The molecule has 3 aromatic carbocycles. The summed E-state index contributed by atoms with van der Waals surface area (Å²) in [5, 5.41) is 4.27. The minimum atomic E-state index is -3.78. The maximum atomic E-state index is 12.2. The van der Waals surface area contributed by atoms with E-state index in [2.05, 4.69) is 25.9 Å². The van der Waals surface area contributed by atoms with E-state index in [0.717, 1.165) is 10.0 Å². The van der Waals surface area contributed by atoms with Crippen molar-refractivity contribution in [2.24, 2.45) is 5.10 Å². The number of sulfonamides is 1. The monoisotopic (exact) mass is 508 g/mol. The van der Waals surface area contributed by atoms with E-state index in [1.165, 1.54) is 37.6 Å². The van der Waals surface area contributed by atoms with Gasteiger partial charge < -0.3 is 9.47 Å². The molecule has 9 heteroatoms. The summed E-state index contributed by atoms with van der Waals surface area (Å²) in [6, 6.07) is 18.8. The first-order chi connectivity index (χ1) is 14.4. The number of hydrogen-bond acceptors (Lipinski definition) is 5. The van der Waals surface area contributed by atoms with Gasteiger partial charge in [-0.3, -0.25) is 0 Å². The molecule has 1 N–H and O–H groups in total. The zero-order valence-corrected chi connectivity index (χ0v) is 19.0. The van der Waals surface area contributed by atoms with Crippen molar-refractivity contribution in [2.45, 2.75) is 11.5 Å². The van der Waals surface area contributed by atoms with Gasteiger partial charge in [-0.15, -0.1) is 0 Å². The van der Waals surface area contributed by atoms with Crippen molar-refractivity contribution < 1.29 is 17.9 Å². The van der Waals surface area contributed by atoms with Gasteiger partial charge in [0.15, 0.2) is 11.5 Å². The molecule has 0 fully saturated rings. The summed E-state index contributed by atoms with van der Waals surface area (Å²) in [5.41, 5.74) is 1.66. The van der Waals surface area contributed by atoms with Gasteiger partial charge in [-0.2, -0.15) is 13.5 Å². The maximum absolute atomic E-state index is 12.2. The van der Waals surface area contributed by atoms with E-state index in [1.807, 2.05) is 24.3 Å². The molecule has 0 aliphatic heterocycles. The molecule has 0 saturated carbocycles. The molecular formula is C21H18BrClN2O4S. The molecule has 0 heterocycles. The molecule has 6 nitrogen and oxygen atoms in total. The second kappa shape index (κ2) is 9.97. The molecule has 156 valence electrons. The number of nitrogens with zero attached hydrogens (tertiary/aromatic N) is 1. The van der Waals surface area contributed by atoms with Gasteiger partial charge in [-0.25, -0.2) is 4.83 Å². The number of methoxy groups -OCH3 is 1. The smallest absolute Gasteiger partial charge is 0.276 e. The maximum Gasteiger partial charge on any atom is 0.276 e. The Kier molecular flexibility index (Phi) is 7.36. The van der Waals surface area contributed by atoms with Gasteiger partial charge in [0.2, 0.25) is 0 Å². The lowest BCUT2D eigenvalue weighted by atomic mass is 10.2. The van der Waals surface area contributed by atoms with Crippen LogP contribution in [0.1, 0.15) is 11.1 Å². The standard InChI is InChI=1S/C21H18BrClN2O4S/c1-28-21-12-16(4-11-20(21)29-14-15-2-5-17(22)6-3-15)13-24-25-30(26,27)19-9-7-18(23)8-10-19/h2-13,25H,14H2,1H3. The number of nitrogens with one attached hydrogen (secondary N) is 1. The van der Waals surface area contributed by atoms with Crippen molar-refractivity contribution in [2.75, 3.05) is 7.11 Å². The summed E-state index contributed by atoms with van der Waals surface area (Å²) >= 11 is 9.18. The lowest BCUT2D eigenvalue weighted by Crippen LogP contribution is -2.18. The number of ether oxygens (including phenoxy) is 2. The van der Waals surface area contributed by atoms with Crippen LogP contribution in [0.25, 0.3) is 0 Å². The van der Waals surface area contributed by atoms with Crippen LogP contribution >= 0.6 is 27.5 Å². The average Bonchev–Trinajstić information content (AvgIpc) is 2.74. The van der Waals surface area contributed by atoms with Gasteiger partial charge in [-0.05, 0) is 65.7 Å². The molecule has 3 aromatic rings. The molecule has 0 radical (unpaired) electrons. The molecule has 0 atom stereocenters. The van der Waals surface area contributed by atoms with E-state index in [0.29, 0.717) is 28.7 Å². The first kappa shape index (κ1) is 22.1. The van der Waals surface area contributed by atoms with Crippen LogP contribution in [0, 0.1) is 0 Å². The highest BCUT2D eigenvalue weighted by Gasteiger charge is 2.12. The van der Waals surface area contributed by atoms with Gasteiger partial charge >= 0.3 is 0 Å². The van der Waals surface area contributed by atoms with Crippen LogP contribution in [-0.4, -0.2) is 21.7 Å². The van der Waals surface area contributed by atoms with Crippen molar-refractivity contribution in [3.8, 4) is 11.5 Å². The van der Waals surface area contributed by atoms with E-state index < -0.39 is 10.0 Å². The van der Waals surface area contributed by atoms with Gasteiger partial charge in [0.25, 0.3) is 10.0 Å². The third kappa shape index (κ3) is 5.98. The van der Waals surface area contributed by atoms with Crippen molar-refractivity contribution in [1.29, 1.82) is 0 Å². The van der Waals surface area contributed by atoms with Crippen LogP contribution < -0.4 is 14.3 Å². The largest absolute Gasteiger partial charge is 0.493 e. The Morgan fingerprint density at radius 1 is 1.03 bits per heavy atom. The third-order valence-electron chi connectivity index (χ3n) is 4.01. The predicted octanol–water partition coefficient (Wildman–Crippen LogP) is 5.00. The van der Waals surface area contributed by atoms with Crippen LogP contribution in [0.15, 0.2) is 81.2 Å². The van der Waals surface area contributed by atoms with E-state index in [-0.39, 0.29) is 4.90 Å². The fourth-order valence-electron chi connectivity index (χ4n) is 2.46. The van der Waals surface area contributed by atoms with Crippen LogP contribution in [0.4, 0.5) is 0 Å². The van der Waals surface area contributed by atoms with Crippen LogP contribution in [0.5, 0.6) is 11.5 Å². The van der Waals surface area contributed by atoms with Crippen molar-refractivity contribution in [1.82, 2.24) is 4.83 Å². The Balaban J connectivity index is 1.66.